The van der Waals surface area contributed by atoms with Gasteiger partial charge >= 0.3 is 0 Å². The molecule has 0 spiro atoms. The van der Waals surface area contributed by atoms with E-state index in [4.69, 9.17) is 0 Å². The molecule has 0 radical (unpaired) electrons. The van der Waals surface area contributed by atoms with Gasteiger partial charge in [0, 0.05) is 6.54 Å². The second-order valence-corrected chi connectivity index (χ2v) is 6.14. The number of hydrogen-bond acceptors (Lipinski definition) is 3. The number of aromatic nitrogens is 1. The number of benzene rings is 1. The van der Waals surface area contributed by atoms with Gasteiger partial charge in [0.25, 0.3) is 0 Å². The van der Waals surface area contributed by atoms with Gasteiger partial charge in [-0.15, -0.1) is 11.3 Å². The number of rotatable bonds is 5. The fourth-order valence-electron chi connectivity index (χ4n) is 2.23. The zero-order chi connectivity index (χ0) is 11.7. The lowest BCUT2D eigenvalue weighted by molar-refractivity contribution is 0.461. The first-order valence-electron chi connectivity index (χ1n) is 6.38. The molecule has 90 valence electrons. The number of nitrogens with one attached hydrogen (secondary N) is 1. The SMILES string of the molecule is CC(CNCc1nc2ccccc2s1)C1CC1. The molecule has 1 unspecified atom stereocenters. The van der Waals surface area contributed by atoms with Crippen LogP contribution in [0.1, 0.15) is 24.8 Å². The number of nitrogens with zero attached hydrogens (tertiary/aromatic N) is 1. The Balaban J connectivity index is 1.57. The maximum Gasteiger partial charge on any atom is 0.108 e. The molecule has 0 aliphatic heterocycles. The molecule has 2 aromatic rings. The lowest BCUT2D eigenvalue weighted by atomic mass is 10.1. The summed E-state index contributed by atoms with van der Waals surface area (Å²) >= 11 is 1.80. The molecule has 0 saturated heterocycles. The summed E-state index contributed by atoms with van der Waals surface area (Å²) < 4.78 is 1.29. The summed E-state index contributed by atoms with van der Waals surface area (Å²) in [5, 5.41) is 4.73. The summed E-state index contributed by atoms with van der Waals surface area (Å²) in [4.78, 5) is 4.63. The van der Waals surface area contributed by atoms with E-state index in [1.165, 1.54) is 22.5 Å². The Kier molecular flexibility index (Phi) is 3.12. The number of thiazole rings is 1. The highest BCUT2D eigenvalue weighted by Crippen LogP contribution is 2.36. The minimum absolute atomic E-state index is 0.823. The van der Waals surface area contributed by atoms with Crippen molar-refractivity contribution in [1.29, 1.82) is 0 Å². The van der Waals surface area contributed by atoms with Crippen molar-refractivity contribution in [1.82, 2.24) is 10.3 Å². The summed E-state index contributed by atoms with van der Waals surface area (Å²) in [6, 6.07) is 8.35. The van der Waals surface area contributed by atoms with Crippen molar-refractivity contribution >= 4 is 21.6 Å². The molecule has 0 bridgehead atoms. The topological polar surface area (TPSA) is 24.9 Å². The van der Waals surface area contributed by atoms with Gasteiger partial charge < -0.3 is 5.32 Å². The molecule has 1 atom stereocenters. The Hall–Kier alpha value is -0.930. The molecule has 1 fully saturated rings. The highest BCUT2D eigenvalue weighted by atomic mass is 32.1. The molecule has 3 rings (SSSR count). The van der Waals surface area contributed by atoms with Crippen LogP contribution in [0.3, 0.4) is 0 Å². The first-order chi connectivity index (χ1) is 8.33. The van der Waals surface area contributed by atoms with Gasteiger partial charge in [-0.25, -0.2) is 4.98 Å². The van der Waals surface area contributed by atoms with E-state index in [1.807, 2.05) is 0 Å². The zero-order valence-corrected chi connectivity index (χ0v) is 11.0. The fourth-order valence-corrected chi connectivity index (χ4v) is 3.17. The molecule has 1 saturated carbocycles. The lowest BCUT2D eigenvalue weighted by Gasteiger charge is -2.09. The van der Waals surface area contributed by atoms with Crippen LogP contribution in [0.4, 0.5) is 0 Å². The molecular formula is C14H18N2S. The Morgan fingerprint density at radius 3 is 3.00 bits per heavy atom. The van der Waals surface area contributed by atoms with E-state index in [-0.39, 0.29) is 0 Å². The van der Waals surface area contributed by atoms with Gasteiger partial charge in [0.05, 0.1) is 10.2 Å². The van der Waals surface area contributed by atoms with Crippen molar-refractivity contribution in [2.45, 2.75) is 26.3 Å². The molecule has 1 aliphatic rings. The predicted octanol–water partition coefficient (Wildman–Crippen LogP) is 3.43. The first kappa shape index (κ1) is 11.2. The minimum Gasteiger partial charge on any atom is -0.310 e. The molecule has 1 aromatic heterocycles. The maximum absolute atomic E-state index is 4.63. The Morgan fingerprint density at radius 2 is 2.24 bits per heavy atom. The first-order valence-corrected chi connectivity index (χ1v) is 7.20. The largest absolute Gasteiger partial charge is 0.310 e. The van der Waals surface area contributed by atoms with Gasteiger partial charge in [-0.2, -0.15) is 0 Å². The Labute approximate surface area is 106 Å². The highest BCUT2D eigenvalue weighted by Gasteiger charge is 2.27. The van der Waals surface area contributed by atoms with E-state index >= 15 is 0 Å². The standard InChI is InChI=1S/C14H18N2S/c1-10(11-6-7-11)8-15-9-14-16-12-4-2-3-5-13(12)17-14/h2-5,10-11,15H,6-9H2,1H3. The third-order valence-electron chi connectivity index (χ3n) is 3.51. The number of para-hydroxylation sites is 1. The van der Waals surface area contributed by atoms with Crippen LogP contribution in [0.5, 0.6) is 0 Å². The van der Waals surface area contributed by atoms with E-state index in [0.717, 1.165) is 30.4 Å². The maximum atomic E-state index is 4.63. The van der Waals surface area contributed by atoms with E-state index in [0.29, 0.717) is 0 Å². The van der Waals surface area contributed by atoms with E-state index in [9.17, 15) is 0 Å². The molecule has 17 heavy (non-hydrogen) atoms. The molecule has 1 N–H and O–H groups in total. The summed E-state index contributed by atoms with van der Waals surface area (Å²) in [6.07, 6.45) is 2.87. The van der Waals surface area contributed by atoms with Crippen molar-refractivity contribution in [3.63, 3.8) is 0 Å². The second kappa shape index (κ2) is 4.75. The summed E-state index contributed by atoms with van der Waals surface area (Å²) in [5.74, 6) is 1.81. The van der Waals surface area contributed by atoms with Gasteiger partial charge in [0.15, 0.2) is 0 Å². The molecule has 3 heteroatoms. The molecule has 1 aliphatic carbocycles. The van der Waals surface area contributed by atoms with Crippen LogP contribution < -0.4 is 5.32 Å². The Morgan fingerprint density at radius 1 is 1.41 bits per heavy atom. The fraction of sp³-hybridized carbons (Fsp3) is 0.500. The zero-order valence-electron chi connectivity index (χ0n) is 10.1. The van der Waals surface area contributed by atoms with Crippen molar-refractivity contribution in [2.75, 3.05) is 6.54 Å². The van der Waals surface area contributed by atoms with Gasteiger partial charge in [-0.1, -0.05) is 19.1 Å². The molecule has 2 nitrogen and oxygen atoms in total. The van der Waals surface area contributed by atoms with Crippen molar-refractivity contribution < 1.29 is 0 Å². The molecule has 1 aromatic carbocycles. The highest BCUT2D eigenvalue weighted by molar-refractivity contribution is 7.18. The average molecular weight is 246 g/mol. The van der Waals surface area contributed by atoms with Crippen LogP contribution in [-0.2, 0) is 6.54 Å². The average Bonchev–Trinajstić information content (AvgIpc) is 3.09. The van der Waals surface area contributed by atoms with Crippen LogP contribution in [0, 0.1) is 11.8 Å². The predicted molar refractivity (Wildman–Crippen MR) is 73.2 cm³/mol. The van der Waals surface area contributed by atoms with Crippen molar-refractivity contribution in [3.8, 4) is 0 Å². The number of hydrogen-bond donors (Lipinski definition) is 1. The normalized spacial score (nSPS) is 17.5. The summed E-state index contributed by atoms with van der Waals surface area (Å²) in [5.41, 5.74) is 1.13. The van der Waals surface area contributed by atoms with Crippen LogP contribution in [0.25, 0.3) is 10.2 Å². The third kappa shape index (κ3) is 2.67. The molecule has 1 heterocycles. The van der Waals surface area contributed by atoms with E-state index in [2.05, 4.69) is 41.5 Å². The third-order valence-corrected chi connectivity index (χ3v) is 4.54. The molecular weight excluding hydrogens is 228 g/mol. The number of fused-ring (bicyclic) bond motifs is 1. The summed E-state index contributed by atoms with van der Waals surface area (Å²) in [7, 11) is 0. The summed E-state index contributed by atoms with van der Waals surface area (Å²) in [6.45, 7) is 4.39. The Bertz CT molecular complexity index is 469. The van der Waals surface area contributed by atoms with Gasteiger partial charge in [-0.05, 0) is 43.4 Å². The lowest BCUT2D eigenvalue weighted by Crippen LogP contribution is -2.21. The van der Waals surface area contributed by atoms with Gasteiger partial charge in [0.2, 0.25) is 0 Å². The van der Waals surface area contributed by atoms with Gasteiger partial charge in [0.1, 0.15) is 5.01 Å². The minimum atomic E-state index is 0.823. The van der Waals surface area contributed by atoms with E-state index in [1.54, 1.807) is 11.3 Å². The van der Waals surface area contributed by atoms with Crippen LogP contribution >= 0.6 is 11.3 Å². The second-order valence-electron chi connectivity index (χ2n) is 5.02. The van der Waals surface area contributed by atoms with E-state index < -0.39 is 0 Å². The van der Waals surface area contributed by atoms with Crippen LogP contribution in [0.15, 0.2) is 24.3 Å². The van der Waals surface area contributed by atoms with Crippen LogP contribution in [0.2, 0.25) is 0 Å². The quantitative estimate of drug-likeness (QED) is 0.874. The van der Waals surface area contributed by atoms with Gasteiger partial charge in [-0.3, -0.25) is 0 Å². The van der Waals surface area contributed by atoms with Crippen molar-refractivity contribution in [3.05, 3.63) is 29.3 Å². The van der Waals surface area contributed by atoms with Crippen molar-refractivity contribution in [2.24, 2.45) is 11.8 Å². The van der Waals surface area contributed by atoms with Crippen LogP contribution in [-0.4, -0.2) is 11.5 Å². The monoisotopic (exact) mass is 246 g/mol. The smallest absolute Gasteiger partial charge is 0.108 e. The molecule has 0 amide bonds.